The molecule has 1 rings (SSSR count). The number of hydrogen-bond donors (Lipinski definition) is 2. The zero-order valence-electron chi connectivity index (χ0n) is 11.1. The van der Waals surface area contributed by atoms with Crippen LogP contribution in [0.3, 0.4) is 0 Å². The van der Waals surface area contributed by atoms with Gasteiger partial charge >= 0.3 is 0 Å². The Bertz CT molecular complexity index is 355. The van der Waals surface area contributed by atoms with Crippen LogP contribution in [0.2, 0.25) is 0 Å². The van der Waals surface area contributed by atoms with Crippen LogP contribution in [0.1, 0.15) is 24.7 Å². The Balaban J connectivity index is 2.55. The predicted octanol–water partition coefficient (Wildman–Crippen LogP) is 1.97. The summed E-state index contributed by atoms with van der Waals surface area (Å²) >= 11 is 0. The molecule has 0 saturated heterocycles. The van der Waals surface area contributed by atoms with Crippen LogP contribution in [0.5, 0.6) is 0 Å². The normalized spacial score (nSPS) is 10.4. The maximum atomic E-state index is 5.29. The van der Waals surface area contributed by atoms with Crippen LogP contribution in [0, 0.1) is 13.8 Å². The second-order valence-electron chi connectivity index (χ2n) is 3.82. The van der Waals surface area contributed by atoms with E-state index < -0.39 is 0 Å². The molecule has 0 aliphatic rings. The van der Waals surface area contributed by atoms with Gasteiger partial charge in [-0.3, -0.25) is 0 Å². The summed E-state index contributed by atoms with van der Waals surface area (Å²) in [5.41, 5.74) is 1.05. The Hall–Kier alpha value is -1.36. The van der Waals surface area contributed by atoms with Crippen molar-refractivity contribution in [3.63, 3.8) is 0 Å². The maximum absolute atomic E-state index is 5.29. The molecule has 0 fully saturated rings. The number of rotatable bonds is 7. The van der Waals surface area contributed by atoms with Gasteiger partial charge in [0.05, 0.1) is 0 Å². The number of aryl methyl sites for hydroxylation is 1. The van der Waals surface area contributed by atoms with Crippen molar-refractivity contribution >= 4 is 11.6 Å². The molecule has 0 aliphatic carbocycles. The number of anilines is 2. The van der Waals surface area contributed by atoms with E-state index in [1.165, 1.54) is 0 Å². The largest absolute Gasteiger partial charge is 0.382 e. The van der Waals surface area contributed by atoms with Gasteiger partial charge in [0, 0.05) is 32.4 Å². The monoisotopic (exact) mass is 238 g/mol. The summed E-state index contributed by atoms with van der Waals surface area (Å²) < 4.78 is 5.29. The Labute approximate surface area is 103 Å². The number of aromatic nitrogens is 2. The molecule has 0 saturated carbocycles. The molecule has 0 aromatic carbocycles. The molecular weight excluding hydrogens is 216 g/mol. The van der Waals surface area contributed by atoms with E-state index in [-0.39, 0.29) is 0 Å². The zero-order chi connectivity index (χ0) is 12.7. The van der Waals surface area contributed by atoms with Crippen LogP contribution < -0.4 is 10.6 Å². The van der Waals surface area contributed by atoms with Gasteiger partial charge in [0.1, 0.15) is 17.5 Å². The van der Waals surface area contributed by atoms with Crippen molar-refractivity contribution < 1.29 is 4.74 Å². The molecule has 0 spiro atoms. The molecule has 0 bridgehead atoms. The highest BCUT2D eigenvalue weighted by Crippen LogP contribution is 2.18. The van der Waals surface area contributed by atoms with Gasteiger partial charge in [-0.2, -0.15) is 0 Å². The highest BCUT2D eigenvalue weighted by Gasteiger charge is 2.06. The Morgan fingerprint density at radius 1 is 1.18 bits per heavy atom. The molecule has 17 heavy (non-hydrogen) atoms. The summed E-state index contributed by atoms with van der Waals surface area (Å²) in [5.74, 6) is 2.55. The van der Waals surface area contributed by atoms with E-state index in [1.54, 1.807) is 0 Å². The van der Waals surface area contributed by atoms with E-state index in [9.17, 15) is 0 Å². The van der Waals surface area contributed by atoms with Crippen molar-refractivity contribution in [2.75, 3.05) is 37.4 Å². The molecule has 1 heterocycles. The standard InChI is InChI=1S/C12H22N4O/c1-5-17-8-6-7-14-12-9(2)11(13-4)15-10(3)16-12/h5-8H2,1-4H3,(H2,13,14,15,16). The second kappa shape index (κ2) is 7.06. The van der Waals surface area contributed by atoms with E-state index in [1.807, 2.05) is 27.8 Å². The average molecular weight is 238 g/mol. The second-order valence-corrected chi connectivity index (χ2v) is 3.82. The molecule has 0 amide bonds. The van der Waals surface area contributed by atoms with E-state index in [4.69, 9.17) is 4.74 Å². The fraction of sp³-hybridized carbons (Fsp3) is 0.667. The molecule has 0 radical (unpaired) electrons. The number of nitrogens with zero attached hydrogens (tertiary/aromatic N) is 2. The van der Waals surface area contributed by atoms with Crippen molar-refractivity contribution in [2.24, 2.45) is 0 Å². The summed E-state index contributed by atoms with van der Waals surface area (Å²) in [6.07, 6.45) is 0.977. The van der Waals surface area contributed by atoms with Gasteiger partial charge in [-0.1, -0.05) is 0 Å². The fourth-order valence-electron chi connectivity index (χ4n) is 1.57. The van der Waals surface area contributed by atoms with E-state index in [2.05, 4.69) is 20.6 Å². The molecule has 1 aromatic rings. The van der Waals surface area contributed by atoms with Crippen LogP contribution in [-0.4, -0.2) is 36.8 Å². The Morgan fingerprint density at radius 3 is 2.53 bits per heavy atom. The van der Waals surface area contributed by atoms with Crippen molar-refractivity contribution in [3.05, 3.63) is 11.4 Å². The lowest BCUT2D eigenvalue weighted by Gasteiger charge is -2.12. The van der Waals surface area contributed by atoms with Gasteiger partial charge < -0.3 is 15.4 Å². The summed E-state index contributed by atoms with van der Waals surface area (Å²) in [6, 6.07) is 0. The average Bonchev–Trinajstić information content (AvgIpc) is 2.32. The fourth-order valence-corrected chi connectivity index (χ4v) is 1.57. The lowest BCUT2D eigenvalue weighted by molar-refractivity contribution is 0.147. The third-order valence-corrected chi connectivity index (χ3v) is 2.46. The molecule has 1 aromatic heterocycles. The molecular formula is C12H22N4O. The van der Waals surface area contributed by atoms with Crippen molar-refractivity contribution in [2.45, 2.75) is 27.2 Å². The summed E-state index contributed by atoms with van der Waals surface area (Å²) in [4.78, 5) is 8.72. The third kappa shape index (κ3) is 4.19. The quantitative estimate of drug-likeness (QED) is 0.711. The number of nitrogens with one attached hydrogen (secondary N) is 2. The zero-order valence-corrected chi connectivity index (χ0v) is 11.1. The predicted molar refractivity (Wildman–Crippen MR) is 70.7 cm³/mol. The molecule has 5 heteroatoms. The minimum absolute atomic E-state index is 0.771. The first-order chi connectivity index (χ1) is 8.19. The Morgan fingerprint density at radius 2 is 1.88 bits per heavy atom. The topological polar surface area (TPSA) is 59.1 Å². The number of ether oxygens (including phenoxy) is 1. The van der Waals surface area contributed by atoms with Gasteiger partial charge in [0.25, 0.3) is 0 Å². The molecule has 96 valence electrons. The molecule has 0 atom stereocenters. The molecule has 0 aliphatic heterocycles. The first-order valence-electron chi connectivity index (χ1n) is 6.03. The van der Waals surface area contributed by atoms with Crippen LogP contribution in [0.4, 0.5) is 11.6 Å². The highest BCUT2D eigenvalue weighted by atomic mass is 16.5. The van der Waals surface area contributed by atoms with Crippen molar-refractivity contribution in [3.8, 4) is 0 Å². The first kappa shape index (κ1) is 13.7. The smallest absolute Gasteiger partial charge is 0.134 e. The lowest BCUT2D eigenvalue weighted by Crippen LogP contribution is -2.11. The van der Waals surface area contributed by atoms with E-state index in [0.717, 1.165) is 49.2 Å². The molecule has 5 nitrogen and oxygen atoms in total. The van der Waals surface area contributed by atoms with Gasteiger partial charge in [0.15, 0.2) is 0 Å². The van der Waals surface area contributed by atoms with Gasteiger partial charge in [-0.15, -0.1) is 0 Å². The van der Waals surface area contributed by atoms with E-state index >= 15 is 0 Å². The summed E-state index contributed by atoms with van der Waals surface area (Å²) in [5, 5.41) is 6.39. The van der Waals surface area contributed by atoms with Crippen LogP contribution >= 0.6 is 0 Å². The highest BCUT2D eigenvalue weighted by molar-refractivity contribution is 5.56. The lowest BCUT2D eigenvalue weighted by atomic mass is 10.3. The minimum Gasteiger partial charge on any atom is -0.382 e. The summed E-state index contributed by atoms with van der Waals surface area (Å²) in [6.45, 7) is 8.33. The van der Waals surface area contributed by atoms with Crippen LogP contribution in [-0.2, 0) is 4.74 Å². The Kier molecular flexibility index (Phi) is 5.69. The summed E-state index contributed by atoms with van der Waals surface area (Å²) in [7, 11) is 1.87. The van der Waals surface area contributed by atoms with Gasteiger partial charge in [0.2, 0.25) is 0 Å². The maximum Gasteiger partial charge on any atom is 0.134 e. The molecule has 2 N–H and O–H groups in total. The van der Waals surface area contributed by atoms with E-state index in [0.29, 0.717) is 0 Å². The number of hydrogen-bond acceptors (Lipinski definition) is 5. The first-order valence-corrected chi connectivity index (χ1v) is 6.03. The van der Waals surface area contributed by atoms with Crippen molar-refractivity contribution in [1.82, 2.24) is 9.97 Å². The third-order valence-electron chi connectivity index (χ3n) is 2.46. The SMILES string of the molecule is CCOCCCNc1nc(C)nc(NC)c1C. The van der Waals surface area contributed by atoms with Gasteiger partial charge in [-0.05, 0) is 27.2 Å². The van der Waals surface area contributed by atoms with Crippen LogP contribution in [0.25, 0.3) is 0 Å². The van der Waals surface area contributed by atoms with Gasteiger partial charge in [-0.25, -0.2) is 9.97 Å². The van der Waals surface area contributed by atoms with Crippen molar-refractivity contribution in [1.29, 1.82) is 0 Å². The molecule has 0 unspecified atom stereocenters. The van der Waals surface area contributed by atoms with Crippen LogP contribution in [0.15, 0.2) is 0 Å². The minimum atomic E-state index is 0.771.